The summed E-state index contributed by atoms with van der Waals surface area (Å²) in [5.74, 6) is 0. The van der Waals surface area contributed by atoms with Crippen molar-refractivity contribution < 1.29 is 9.53 Å². The van der Waals surface area contributed by atoms with Crippen LogP contribution in [0.1, 0.15) is 34.7 Å². The molecule has 3 nitrogen and oxygen atoms in total. The minimum atomic E-state index is -0.357. The molecule has 0 fully saturated rings. The number of carbonyl (C=O) groups is 1. The zero-order chi connectivity index (χ0) is 20.4. The van der Waals surface area contributed by atoms with Gasteiger partial charge < -0.3 is 4.74 Å². The van der Waals surface area contributed by atoms with Crippen LogP contribution in [-0.2, 0) is 17.8 Å². The molecule has 0 aromatic heterocycles. The molecule has 0 saturated carbocycles. The monoisotopic (exact) mass is 469 g/mol. The Morgan fingerprint density at radius 2 is 1.93 bits per heavy atom. The van der Waals surface area contributed by atoms with Crippen molar-refractivity contribution in [3.8, 4) is 0 Å². The van der Waals surface area contributed by atoms with Gasteiger partial charge in [-0.25, -0.2) is 4.79 Å². The highest BCUT2D eigenvalue weighted by Gasteiger charge is 2.35. The Bertz CT molecular complexity index is 1040. The van der Waals surface area contributed by atoms with E-state index in [0.717, 1.165) is 45.3 Å². The number of halogens is 2. The highest BCUT2D eigenvalue weighted by atomic mass is 79.9. The van der Waals surface area contributed by atoms with Gasteiger partial charge in [-0.05, 0) is 76.1 Å². The molecule has 1 atom stereocenters. The van der Waals surface area contributed by atoms with Gasteiger partial charge in [0.15, 0.2) is 0 Å². The maximum atomic E-state index is 13.3. The van der Waals surface area contributed by atoms with Crippen LogP contribution < -0.4 is 4.90 Å². The normalized spacial score (nSPS) is 15.7. The van der Waals surface area contributed by atoms with E-state index in [2.05, 4.69) is 28.9 Å². The van der Waals surface area contributed by atoms with Gasteiger partial charge in [-0.1, -0.05) is 60.1 Å². The lowest BCUT2D eigenvalue weighted by atomic mass is 9.91. The smallest absolute Gasteiger partial charge is 0.415 e. The SMILES string of the molecule is Cc1cc(Br)c2c(c1)CCC(c1cccc(Cl)c1)N2C(=O)OCc1ccccc1. The Kier molecular flexibility index (Phi) is 5.93. The Morgan fingerprint density at radius 3 is 2.69 bits per heavy atom. The van der Waals surface area contributed by atoms with Gasteiger partial charge in [-0.15, -0.1) is 0 Å². The Hall–Kier alpha value is -2.30. The van der Waals surface area contributed by atoms with E-state index in [-0.39, 0.29) is 18.7 Å². The minimum Gasteiger partial charge on any atom is -0.444 e. The summed E-state index contributed by atoms with van der Waals surface area (Å²) in [4.78, 5) is 15.1. The van der Waals surface area contributed by atoms with Gasteiger partial charge in [-0.3, -0.25) is 4.90 Å². The molecule has 1 aliphatic heterocycles. The molecule has 0 saturated heterocycles. The van der Waals surface area contributed by atoms with Crippen LogP contribution in [0.2, 0.25) is 5.02 Å². The first kappa shape index (κ1) is 20.0. The zero-order valence-electron chi connectivity index (χ0n) is 16.1. The van der Waals surface area contributed by atoms with Crippen LogP contribution in [-0.4, -0.2) is 6.09 Å². The molecule has 0 N–H and O–H groups in total. The summed E-state index contributed by atoms with van der Waals surface area (Å²) in [6.45, 7) is 2.30. The molecule has 0 radical (unpaired) electrons. The number of hydrogen-bond acceptors (Lipinski definition) is 2. The highest BCUT2D eigenvalue weighted by Crippen LogP contribution is 2.44. The summed E-state index contributed by atoms with van der Waals surface area (Å²) in [5.41, 5.74) is 5.15. The number of hydrogen-bond donors (Lipinski definition) is 0. The number of rotatable bonds is 3. The van der Waals surface area contributed by atoms with E-state index in [9.17, 15) is 4.79 Å². The number of benzene rings is 3. The zero-order valence-corrected chi connectivity index (χ0v) is 18.4. The fourth-order valence-corrected chi connectivity index (χ4v) is 4.89. The van der Waals surface area contributed by atoms with Crippen molar-refractivity contribution >= 4 is 39.3 Å². The molecular formula is C24H21BrClNO2. The van der Waals surface area contributed by atoms with Crippen LogP contribution >= 0.6 is 27.5 Å². The summed E-state index contributed by atoms with van der Waals surface area (Å²) in [6, 6.07) is 21.5. The van der Waals surface area contributed by atoms with Crippen LogP contribution in [0.15, 0.2) is 71.2 Å². The van der Waals surface area contributed by atoms with Crippen molar-refractivity contribution in [3.63, 3.8) is 0 Å². The lowest BCUT2D eigenvalue weighted by Gasteiger charge is -2.37. The van der Waals surface area contributed by atoms with Crippen molar-refractivity contribution in [2.45, 2.75) is 32.4 Å². The molecule has 5 heteroatoms. The maximum Gasteiger partial charge on any atom is 0.415 e. The molecule has 29 heavy (non-hydrogen) atoms. The summed E-state index contributed by atoms with van der Waals surface area (Å²) >= 11 is 9.92. The predicted octanol–water partition coefficient (Wildman–Crippen LogP) is 7.24. The molecule has 3 aromatic carbocycles. The van der Waals surface area contributed by atoms with E-state index in [1.165, 1.54) is 0 Å². The van der Waals surface area contributed by atoms with Crippen LogP contribution in [0.3, 0.4) is 0 Å². The number of amides is 1. The molecule has 148 valence electrons. The van der Waals surface area contributed by atoms with Crippen LogP contribution in [0.25, 0.3) is 0 Å². The second kappa shape index (κ2) is 8.60. The van der Waals surface area contributed by atoms with Gasteiger partial charge in [0.05, 0.1) is 11.7 Å². The number of carbonyl (C=O) groups excluding carboxylic acids is 1. The number of ether oxygens (including phenoxy) is 1. The topological polar surface area (TPSA) is 29.5 Å². The Balaban J connectivity index is 1.71. The van der Waals surface area contributed by atoms with Gasteiger partial charge in [-0.2, -0.15) is 0 Å². The van der Waals surface area contributed by atoms with Gasteiger partial charge in [0, 0.05) is 9.50 Å². The number of nitrogens with zero attached hydrogens (tertiary/aromatic N) is 1. The summed E-state index contributed by atoms with van der Waals surface area (Å²) in [7, 11) is 0. The third-order valence-corrected chi connectivity index (χ3v) is 6.00. The first-order chi connectivity index (χ1) is 14.0. The van der Waals surface area contributed by atoms with Crippen molar-refractivity contribution in [3.05, 3.63) is 98.5 Å². The van der Waals surface area contributed by atoms with Crippen molar-refractivity contribution in [1.82, 2.24) is 0 Å². The predicted molar refractivity (Wildman–Crippen MR) is 120 cm³/mol. The average Bonchev–Trinajstić information content (AvgIpc) is 2.72. The van der Waals surface area contributed by atoms with Gasteiger partial charge in [0.1, 0.15) is 6.61 Å². The quantitative estimate of drug-likeness (QED) is 0.404. The van der Waals surface area contributed by atoms with Crippen molar-refractivity contribution in [2.24, 2.45) is 0 Å². The first-order valence-corrected chi connectivity index (χ1v) is 10.7. The first-order valence-electron chi connectivity index (χ1n) is 9.57. The molecule has 1 heterocycles. The lowest BCUT2D eigenvalue weighted by Crippen LogP contribution is -2.39. The standard InChI is InChI=1S/C24H21BrClNO2/c1-16-12-19-10-11-22(18-8-5-9-20(26)14-18)27(23(19)21(25)13-16)24(28)29-15-17-6-3-2-4-7-17/h2-9,12-14,22H,10-11,15H2,1H3. The third-order valence-electron chi connectivity index (χ3n) is 5.16. The molecule has 1 unspecified atom stereocenters. The minimum absolute atomic E-state index is 0.136. The van der Waals surface area contributed by atoms with Crippen molar-refractivity contribution in [1.29, 1.82) is 0 Å². The molecule has 1 amide bonds. The molecule has 0 aliphatic carbocycles. The van der Waals surface area contributed by atoms with Gasteiger partial charge in [0.2, 0.25) is 0 Å². The van der Waals surface area contributed by atoms with Crippen molar-refractivity contribution in [2.75, 3.05) is 4.90 Å². The van der Waals surface area contributed by atoms with E-state index in [0.29, 0.717) is 5.02 Å². The number of aryl methyl sites for hydroxylation is 2. The fourth-order valence-electron chi connectivity index (χ4n) is 3.88. The summed E-state index contributed by atoms with van der Waals surface area (Å²) < 4.78 is 6.62. The van der Waals surface area contributed by atoms with Crippen LogP contribution in [0, 0.1) is 6.92 Å². The van der Waals surface area contributed by atoms with E-state index in [4.69, 9.17) is 16.3 Å². The summed E-state index contributed by atoms with van der Waals surface area (Å²) in [6.07, 6.45) is 1.34. The Morgan fingerprint density at radius 1 is 1.14 bits per heavy atom. The van der Waals surface area contributed by atoms with E-state index >= 15 is 0 Å². The van der Waals surface area contributed by atoms with Crippen LogP contribution in [0.5, 0.6) is 0 Å². The molecule has 3 aromatic rings. The van der Waals surface area contributed by atoms with E-state index in [1.54, 1.807) is 4.90 Å². The fraction of sp³-hybridized carbons (Fsp3) is 0.208. The maximum absolute atomic E-state index is 13.3. The Labute approximate surface area is 184 Å². The lowest BCUT2D eigenvalue weighted by molar-refractivity contribution is 0.143. The second-order valence-electron chi connectivity index (χ2n) is 7.27. The number of anilines is 1. The molecular weight excluding hydrogens is 450 g/mol. The molecule has 1 aliphatic rings. The largest absolute Gasteiger partial charge is 0.444 e. The van der Waals surface area contributed by atoms with Gasteiger partial charge >= 0.3 is 6.09 Å². The molecule has 0 spiro atoms. The third kappa shape index (κ3) is 4.34. The van der Waals surface area contributed by atoms with E-state index in [1.807, 2.05) is 60.7 Å². The highest BCUT2D eigenvalue weighted by molar-refractivity contribution is 9.10. The molecule has 4 rings (SSSR count). The average molecular weight is 471 g/mol. The summed E-state index contributed by atoms with van der Waals surface area (Å²) in [5, 5.41) is 0.661. The van der Waals surface area contributed by atoms with Crippen LogP contribution in [0.4, 0.5) is 10.5 Å². The van der Waals surface area contributed by atoms with Gasteiger partial charge in [0.25, 0.3) is 0 Å². The van der Waals surface area contributed by atoms with E-state index < -0.39 is 0 Å². The second-order valence-corrected chi connectivity index (χ2v) is 8.56. The molecule has 0 bridgehead atoms. The number of fused-ring (bicyclic) bond motifs is 1.